The van der Waals surface area contributed by atoms with Gasteiger partial charge in [-0.05, 0) is 29.8 Å². The Hall–Kier alpha value is -2.19. The lowest BCUT2D eigenvalue weighted by Crippen LogP contribution is -2.43. The third kappa shape index (κ3) is 3.02. The van der Waals surface area contributed by atoms with E-state index < -0.39 is 17.8 Å². The van der Waals surface area contributed by atoms with Crippen molar-refractivity contribution in [3.8, 4) is 10.4 Å². The van der Waals surface area contributed by atoms with Crippen LogP contribution in [0.1, 0.15) is 9.67 Å². The molecule has 0 atom stereocenters. The molecule has 1 fully saturated rings. The Morgan fingerprint density at radius 2 is 1.91 bits per heavy atom. The number of carbonyl (C=O) groups is 3. The summed E-state index contributed by atoms with van der Waals surface area (Å²) in [6.45, 7) is -0.171. The normalized spacial score (nSPS) is 14.1. The van der Waals surface area contributed by atoms with E-state index in [0.29, 0.717) is 4.88 Å². The summed E-state index contributed by atoms with van der Waals surface area (Å²) in [7, 11) is 0. The molecule has 2 aromatic rings. The SMILES string of the molecule is O=C1CN(NC(=O)c2ccc(-c3ccc(Br)cc3)s2)C(=O)N1. The molecule has 0 bridgehead atoms. The number of hydrogen-bond acceptors (Lipinski definition) is 4. The fourth-order valence-electron chi connectivity index (χ4n) is 1.94. The minimum Gasteiger partial charge on any atom is -0.275 e. The van der Waals surface area contributed by atoms with E-state index >= 15 is 0 Å². The summed E-state index contributed by atoms with van der Waals surface area (Å²) in [5.74, 6) is -0.856. The number of urea groups is 1. The highest BCUT2D eigenvalue weighted by molar-refractivity contribution is 9.10. The van der Waals surface area contributed by atoms with Crippen LogP contribution in [0.5, 0.6) is 0 Å². The predicted octanol–water partition coefficient (Wildman–Crippen LogP) is 2.37. The number of hydrazine groups is 1. The van der Waals surface area contributed by atoms with Gasteiger partial charge in [-0.3, -0.25) is 20.3 Å². The van der Waals surface area contributed by atoms with Gasteiger partial charge in [0.25, 0.3) is 5.91 Å². The lowest BCUT2D eigenvalue weighted by molar-refractivity contribution is -0.118. The third-order valence-electron chi connectivity index (χ3n) is 2.99. The van der Waals surface area contributed by atoms with Gasteiger partial charge >= 0.3 is 6.03 Å². The van der Waals surface area contributed by atoms with Crippen molar-refractivity contribution >= 4 is 45.1 Å². The minimum absolute atomic E-state index is 0.171. The standard InChI is InChI=1S/C14H10BrN3O3S/c15-9-3-1-8(2-4-9)10-5-6-11(22-10)13(20)17-18-7-12(19)16-14(18)21/h1-6H,7H2,(H,17,20)(H,16,19,21). The summed E-state index contributed by atoms with van der Waals surface area (Å²) in [5.41, 5.74) is 3.41. The molecule has 0 unspecified atom stereocenters. The highest BCUT2D eigenvalue weighted by atomic mass is 79.9. The Kier molecular flexibility index (Phi) is 3.95. The van der Waals surface area contributed by atoms with Crippen LogP contribution in [0.4, 0.5) is 4.79 Å². The molecule has 1 aromatic heterocycles. The van der Waals surface area contributed by atoms with Crippen LogP contribution in [-0.4, -0.2) is 29.4 Å². The Bertz CT molecular complexity index is 757. The van der Waals surface area contributed by atoms with Crippen molar-refractivity contribution in [2.45, 2.75) is 0 Å². The molecule has 1 aromatic carbocycles. The maximum Gasteiger partial charge on any atom is 0.343 e. The molecule has 0 spiro atoms. The first-order chi connectivity index (χ1) is 10.5. The zero-order valence-electron chi connectivity index (χ0n) is 11.1. The van der Waals surface area contributed by atoms with Crippen LogP contribution in [0, 0.1) is 0 Å². The molecule has 112 valence electrons. The van der Waals surface area contributed by atoms with Gasteiger partial charge in [0.05, 0.1) is 4.88 Å². The maximum absolute atomic E-state index is 12.1. The number of amides is 4. The Labute approximate surface area is 138 Å². The van der Waals surface area contributed by atoms with Crippen LogP contribution in [0.3, 0.4) is 0 Å². The lowest BCUT2D eigenvalue weighted by atomic mass is 10.2. The molecule has 1 saturated heterocycles. The molecule has 0 saturated carbocycles. The summed E-state index contributed by atoms with van der Waals surface area (Å²) in [6, 6.07) is 10.7. The van der Waals surface area contributed by atoms with Gasteiger partial charge in [-0.1, -0.05) is 28.1 Å². The van der Waals surface area contributed by atoms with Crippen LogP contribution in [0.25, 0.3) is 10.4 Å². The molecule has 1 aliphatic heterocycles. The second-order valence-electron chi connectivity index (χ2n) is 4.55. The highest BCUT2D eigenvalue weighted by Gasteiger charge is 2.28. The lowest BCUT2D eigenvalue weighted by Gasteiger charge is -2.13. The number of nitrogens with one attached hydrogen (secondary N) is 2. The molecule has 1 aliphatic rings. The van der Waals surface area contributed by atoms with E-state index in [-0.39, 0.29) is 6.54 Å². The molecule has 2 heterocycles. The maximum atomic E-state index is 12.1. The number of carbonyl (C=O) groups excluding carboxylic acids is 3. The fraction of sp³-hybridized carbons (Fsp3) is 0.0714. The van der Waals surface area contributed by atoms with Crippen LogP contribution < -0.4 is 10.7 Å². The van der Waals surface area contributed by atoms with Crippen LogP contribution >= 0.6 is 27.3 Å². The van der Waals surface area contributed by atoms with E-state index in [1.54, 1.807) is 6.07 Å². The van der Waals surface area contributed by atoms with E-state index in [9.17, 15) is 14.4 Å². The Morgan fingerprint density at radius 1 is 1.18 bits per heavy atom. The molecule has 0 radical (unpaired) electrons. The molecule has 4 amide bonds. The van der Waals surface area contributed by atoms with Crippen molar-refractivity contribution in [2.24, 2.45) is 0 Å². The summed E-state index contributed by atoms with van der Waals surface area (Å²) >= 11 is 4.69. The zero-order chi connectivity index (χ0) is 15.7. The van der Waals surface area contributed by atoms with E-state index in [4.69, 9.17) is 0 Å². The minimum atomic E-state index is -0.622. The Morgan fingerprint density at radius 3 is 2.55 bits per heavy atom. The molecular weight excluding hydrogens is 370 g/mol. The molecule has 2 N–H and O–H groups in total. The second kappa shape index (κ2) is 5.90. The number of benzene rings is 1. The van der Waals surface area contributed by atoms with Crippen molar-refractivity contribution < 1.29 is 14.4 Å². The summed E-state index contributed by atoms with van der Waals surface area (Å²) in [5, 5.41) is 3.05. The Balaban J connectivity index is 1.73. The first-order valence-electron chi connectivity index (χ1n) is 6.31. The van der Waals surface area contributed by atoms with Gasteiger partial charge in [-0.15, -0.1) is 11.3 Å². The number of hydrogen-bond donors (Lipinski definition) is 2. The van der Waals surface area contributed by atoms with Gasteiger partial charge < -0.3 is 0 Å². The van der Waals surface area contributed by atoms with Crippen LogP contribution in [0.2, 0.25) is 0 Å². The van der Waals surface area contributed by atoms with Crippen molar-refractivity contribution in [1.29, 1.82) is 0 Å². The van der Waals surface area contributed by atoms with Crippen LogP contribution in [0.15, 0.2) is 40.9 Å². The third-order valence-corrected chi connectivity index (χ3v) is 4.65. The van der Waals surface area contributed by atoms with Gasteiger partial charge in [-0.25, -0.2) is 9.80 Å². The molecule has 6 nitrogen and oxygen atoms in total. The summed E-state index contributed by atoms with van der Waals surface area (Å²) in [6.07, 6.45) is 0. The number of thiophene rings is 1. The number of rotatable bonds is 3. The van der Waals surface area contributed by atoms with E-state index in [2.05, 4.69) is 26.7 Å². The van der Waals surface area contributed by atoms with Gasteiger partial charge in [-0.2, -0.15) is 0 Å². The molecular formula is C14H10BrN3O3S. The highest BCUT2D eigenvalue weighted by Crippen LogP contribution is 2.29. The molecule has 22 heavy (non-hydrogen) atoms. The number of imide groups is 1. The monoisotopic (exact) mass is 379 g/mol. The van der Waals surface area contributed by atoms with Crippen molar-refractivity contribution in [2.75, 3.05) is 6.54 Å². The summed E-state index contributed by atoms with van der Waals surface area (Å²) < 4.78 is 0.982. The van der Waals surface area contributed by atoms with E-state index in [1.807, 2.05) is 30.3 Å². The predicted molar refractivity (Wildman–Crippen MR) is 85.2 cm³/mol. The quantitative estimate of drug-likeness (QED) is 0.803. The first kappa shape index (κ1) is 14.7. The number of halogens is 1. The smallest absolute Gasteiger partial charge is 0.275 e. The fourth-order valence-corrected chi connectivity index (χ4v) is 3.10. The topological polar surface area (TPSA) is 78.5 Å². The molecule has 8 heteroatoms. The van der Waals surface area contributed by atoms with Crippen molar-refractivity contribution in [3.05, 3.63) is 45.7 Å². The molecule has 0 aliphatic carbocycles. The van der Waals surface area contributed by atoms with Crippen molar-refractivity contribution in [3.63, 3.8) is 0 Å². The molecule has 3 rings (SSSR count). The van der Waals surface area contributed by atoms with E-state index in [1.165, 1.54) is 11.3 Å². The average molecular weight is 380 g/mol. The number of nitrogens with zero attached hydrogens (tertiary/aromatic N) is 1. The van der Waals surface area contributed by atoms with E-state index in [0.717, 1.165) is 19.9 Å². The average Bonchev–Trinajstić information content (AvgIpc) is 3.07. The first-order valence-corrected chi connectivity index (χ1v) is 7.92. The van der Waals surface area contributed by atoms with Crippen molar-refractivity contribution in [1.82, 2.24) is 15.8 Å². The second-order valence-corrected chi connectivity index (χ2v) is 6.55. The van der Waals surface area contributed by atoms with Gasteiger partial charge in [0.2, 0.25) is 5.91 Å². The van der Waals surface area contributed by atoms with Crippen LogP contribution in [-0.2, 0) is 4.79 Å². The summed E-state index contributed by atoms with van der Waals surface area (Å²) in [4.78, 5) is 36.0. The van der Waals surface area contributed by atoms with Gasteiger partial charge in [0.15, 0.2) is 0 Å². The van der Waals surface area contributed by atoms with Gasteiger partial charge in [0.1, 0.15) is 6.54 Å². The largest absolute Gasteiger partial charge is 0.343 e. The zero-order valence-corrected chi connectivity index (χ0v) is 13.5. The van der Waals surface area contributed by atoms with Gasteiger partial charge in [0, 0.05) is 9.35 Å².